The van der Waals surface area contributed by atoms with E-state index in [1.54, 1.807) is 30.3 Å². The lowest BCUT2D eigenvalue weighted by Crippen LogP contribution is -2.53. The Hall–Kier alpha value is -5.25. The summed E-state index contributed by atoms with van der Waals surface area (Å²) in [6.45, 7) is 3.34. The zero-order valence-electron chi connectivity index (χ0n) is 25.1. The Bertz CT molecular complexity index is 1660. The van der Waals surface area contributed by atoms with E-state index in [0.717, 1.165) is 12.1 Å². The summed E-state index contributed by atoms with van der Waals surface area (Å²) in [5.74, 6) is -4.36. The summed E-state index contributed by atoms with van der Waals surface area (Å²) in [5.41, 5.74) is 0.408. The van der Waals surface area contributed by atoms with Crippen molar-refractivity contribution in [2.45, 2.75) is 45.2 Å². The van der Waals surface area contributed by atoms with Crippen LogP contribution in [0.15, 0.2) is 42.5 Å². The number of Topliss-reactive ketones (excluding diaryl/α,β-unsaturated/α-hetero) is 1. The largest absolute Gasteiger partial charge is 0.496 e. The standard InChI is InChI=1S/C32H34FN5O7/c1-17(2)11-25(38-31(42)26-14-21-23(36-26)5-4-6-28(21)44-3)30(41)37-24(13-19-9-10-35-29(19)40)27(39)16-45-32(43)20-8-7-18(15-34)12-22(20)33/h4-8,12,14,17,19,24-25,36H,9-11,13,16H2,1-3H3,(H,35,40)(H,37,41)(H,38,42)/t19-,24-,25-/m0/s1. The molecule has 1 aliphatic rings. The molecule has 45 heavy (non-hydrogen) atoms. The van der Waals surface area contributed by atoms with Crippen molar-refractivity contribution in [3.05, 3.63) is 65.1 Å². The van der Waals surface area contributed by atoms with Gasteiger partial charge in [-0.05, 0) is 61.6 Å². The van der Waals surface area contributed by atoms with Crippen LogP contribution < -0.4 is 20.7 Å². The maximum absolute atomic E-state index is 14.3. The molecule has 4 rings (SSSR count). The van der Waals surface area contributed by atoms with Crippen molar-refractivity contribution < 1.29 is 37.8 Å². The van der Waals surface area contributed by atoms with E-state index in [4.69, 9.17) is 14.7 Å². The number of halogens is 1. The predicted octanol–water partition coefficient (Wildman–Crippen LogP) is 2.77. The second-order valence-electron chi connectivity index (χ2n) is 11.2. The highest BCUT2D eigenvalue weighted by Gasteiger charge is 2.34. The summed E-state index contributed by atoms with van der Waals surface area (Å²) < 4.78 is 24.7. The van der Waals surface area contributed by atoms with E-state index in [0.29, 0.717) is 29.6 Å². The van der Waals surface area contributed by atoms with Crippen LogP contribution in [0.5, 0.6) is 5.75 Å². The lowest BCUT2D eigenvalue weighted by Gasteiger charge is -2.25. The molecule has 3 atom stereocenters. The second-order valence-corrected chi connectivity index (χ2v) is 11.2. The number of ether oxygens (including phenoxy) is 2. The number of nitriles is 1. The van der Waals surface area contributed by atoms with Crippen molar-refractivity contribution in [1.29, 1.82) is 5.26 Å². The van der Waals surface area contributed by atoms with Gasteiger partial charge in [-0.1, -0.05) is 19.9 Å². The molecule has 0 spiro atoms. The van der Waals surface area contributed by atoms with E-state index in [-0.39, 0.29) is 35.9 Å². The van der Waals surface area contributed by atoms with Crippen molar-refractivity contribution >= 4 is 40.4 Å². The highest BCUT2D eigenvalue weighted by atomic mass is 19.1. The number of carbonyl (C=O) groups is 5. The highest BCUT2D eigenvalue weighted by Crippen LogP contribution is 2.26. The summed E-state index contributed by atoms with van der Waals surface area (Å²) in [5, 5.41) is 17.7. The Morgan fingerprint density at radius 1 is 1.11 bits per heavy atom. The summed E-state index contributed by atoms with van der Waals surface area (Å²) in [7, 11) is 1.52. The smallest absolute Gasteiger partial charge is 0.341 e. The maximum Gasteiger partial charge on any atom is 0.341 e. The number of nitrogens with zero attached hydrogens (tertiary/aromatic N) is 1. The summed E-state index contributed by atoms with van der Waals surface area (Å²) in [6.07, 6.45) is 0.604. The van der Waals surface area contributed by atoms with Crippen LogP contribution in [0.1, 0.15) is 59.5 Å². The normalized spacial score (nSPS) is 15.6. The van der Waals surface area contributed by atoms with Crippen LogP contribution in [0.3, 0.4) is 0 Å². The van der Waals surface area contributed by atoms with Gasteiger partial charge in [-0.15, -0.1) is 0 Å². The van der Waals surface area contributed by atoms with Gasteiger partial charge in [-0.2, -0.15) is 5.26 Å². The quantitative estimate of drug-likeness (QED) is 0.211. The van der Waals surface area contributed by atoms with Crippen LogP contribution in [0.4, 0.5) is 4.39 Å². The molecule has 1 aromatic heterocycles. The highest BCUT2D eigenvalue weighted by molar-refractivity contribution is 6.02. The average molecular weight is 620 g/mol. The number of esters is 1. The van der Waals surface area contributed by atoms with Crippen molar-refractivity contribution in [3.8, 4) is 11.8 Å². The first kappa shape index (κ1) is 32.7. The topological polar surface area (TPSA) is 179 Å². The summed E-state index contributed by atoms with van der Waals surface area (Å²) in [6, 6.07) is 9.57. The van der Waals surface area contributed by atoms with E-state index < -0.39 is 59.6 Å². The molecule has 0 aliphatic carbocycles. The third-order valence-electron chi connectivity index (χ3n) is 7.47. The first-order valence-electron chi connectivity index (χ1n) is 14.4. The minimum atomic E-state index is -1.24. The molecule has 4 N–H and O–H groups in total. The number of methoxy groups -OCH3 is 1. The maximum atomic E-state index is 14.3. The van der Waals surface area contributed by atoms with Crippen molar-refractivity contribution in [2.24, 2.45) is 11.8 Å². The molecule has 12 nitrogen and oxygen atoms in total. The first-order valence-corrected chi connectivity index (χ1v) is 14.4. The Balaban J connectivity index is 1.49. The number of rotatable bonds is 13. The minimum absolute atomic E-state index is 0.00468. The van der Waals surface area contributed by atoms with Gasteiger partial charge in [0.05, 0.1) is 30.3 Å². The number of aromatic amines is 1. The molecule has 2 aromatic carbocycles. The molecule has 1 fully saturated rings. The number of ketones is 1. The number of amides is 3. The molecular formula is C32H34FN5O7. The molecule has 1 aliphatic heterocycles. The van der Waals surface area contributed by atoms with Crippen molar-refractivity contribution in [1.82, 2.24) is 20.9 Å². The van der Waals surface area contributed by atoms with Crippen LogP contribution in [-0.2, 0) is 19.1 Å². The van der Waals surface area contributed by atoms with Crippen LogP contribution in [-0.4, -0.2) is 66.8 Å². The van der Waals surface area contributed by atoms with Crippen molar-refractivity contribution in [3.63, 3.8) is 0 Å². The molecule has 1 saturated heterocycles. The lowest BCUT2D eigenvalue weighted by molar-refractivity contribution is -0.131. The molecule has 0 bridgehead atoms. The fourth-order valence-electron chi connectivity index (χ4n) is 5.13. The van der Waals surface area contributed by atoms with Crippen LogP contribution in [0.25, 0.3) is 10.9 Å². The second kappa shape index (κ2) is 14.5. The monoisotopic (exact) mass is 619 g/mol. The number of hydrogen-bond donors (Lipinski definition) is 4. The van der Waals surface area contributed by atoms with Crippen LogP contribution >= 0.6 is 0 Å². The third kappa shape index (κ3) is 8.03. The van der Waals surface area contributed by atoms with E-state index in [1.807, 2.05) is 13.8 Å². The van der Waals surface area contributed by atoms with Crippen LogP contribution in [0, 0.1) is 29.0 Å². The number of fused-ring (bicyclic) bond motifs is 1. The number of aromatic nitrogens is 1. The fraction of sp³-hybridized carbons (Fsp3) is 0.375. The van der Waals surface area contributed by atoms with Crippen molar-refractivity contribution in [2.75, 3.05) is 20.3 Å². The van der Waals surface area contributed by atoms with Gasteiger partial charge >= 0.3 is 5.97 Å². The average Bonchev–Trinajstić information content (AvgIpc) is 3.64. The van der Waals surface area contributed by atoms with Gasteiger partial charge in [-0.3, -0.25) is 19.2 Å². The SMILES string of the molecule is COc1cccc2[nH]c(C(=O)N[C@@H](CC(C)C)C(=O)N[C@@H](C[C@@H]3CCNC3=O)C(=O)COC(=O)c3ccc(C#N)cc3F)cc12. The van der Waals surface area contributed by atoms with Gasteiger partial charge < -0.3 is 30.4 Å². The first-order chi connectivity index (χ1) is 21.5. The molecule has 0 unspecified atom stereocenters. The van der Waals surface area contributed by atoms with Gasteiger partial charge in [0.15, 0.2) is 12.4 Å². The number of nitrogens with one attached hydrogen (secondary N) is 4. The van der Waals surface area contributed by atoms with E-state index in [2.05, 4.69) is 20.9 Å². The molecule has 2 heterocycles. The van der Waals surface area contributed by atoms with Gasteiger partial charge in [0.2, 0.25) is 11.8 Å². The molecular weight excluding hydrogens is 585 g/mol. The fourth-order valence-corrected chi connectivity index (χ4v) is 5.13. The van der Waals surface area contributed by atoms with Crippen LogP contribution in [0.2, 0.25) is 0 Å². The number of carbonyl (C=O) groups excluding carboxylic acids is 5. The van der Waals surface area contributed by atoms with E-state index in [1.165, 1.54) is 13.2 Å². The molecule has 236 valence electrons. The molecule has 0 radical (unpaired) electrons. The summed E-state index contributed by atoms with van der Waals surface area (Å²) >= 11 is 0. The predicted molar refractivity (Wildman–Crippen MR) is 160 cm³/mol. The molecule has 3 amide bonds. The summed E-state index contributed by atoms with van der Waals surface area (Å²) in [4.78, 5) is 67.9. The zero-order valence-corrected chi connectivity index (χ0v) is 25.1. The number of hydrogen-bond acceptors (Lipinski definition) is 8. The third-order valence-corrected chi connectivity index (χ3v) is 7.47. The van der Waals surface area contributed by atoms with Gasteiger partial charge in [-0.25, -0.2) is 9.18 Å². The van der Waals surface area contributed by atoms with E-state index in [9.17, 15) is 28.4 Å². The molecule has 13 heteroatoms. The van der Waals surface area contributed by atoms with Gasteiger partial charge in [0.1, 0.15) is 23.3 Å². The van der Waals surface area contributed by atoms with E-state index >= 15 is 0 Å². The van der Waals surface area contributed by atoms with Gasteiger partial charge in [0.25, 0.3) is 5.91 Å². The Labute approximate surface area is 258 Å². The minimum Gasteiger partial charge on any atom is -0.496 e. The van der Waals surface area contributed by atoms with Gasteiger partial charge in [0, 0.05) is 23.4 Å². The Kier molecular flexibility index (Phi) is 10.5. The number of benzene rings is 2. The Morgan fingerprint density at radius 3 is 2.53 bits per heavy atom. The molecule has 3 aromatic rings. The molecule has 0 saturated carbocycles. The lowest BCUT2D eigenvalue weighted by atomic mass is 9.95. The Morgan fingerprint density at radius 2 is 1.89 bits per heavy atom. The zero-order chi connectivity index (χ0) is 32.7. The number of H-pyrrole nitrogens is 1.